The van der Waals surface area contributed by atoms with E-state index in [1.54, 1.807) is 6.08 Å². The number of amides is 1. The van der Waals surface area contributed by atoms with Gasteiger partial charge in [0.1, 0.15) is 0 Å². The zero-order valence-electron chi connectivity index (χ0n) is 51.1. The van der Waals surface area contributed by atoms with E-state index in [1.165, 1.54) is 327 Å². The van der Waals surface area contributed by atoms with Crippen molar-refractivity contribution < 1.29 is 24.5 Å². The van der Waals surface area contributed by atoms with E-state index in [9.17, 15) is 19.8 Å². The second-order valence-corrected chi connectivity index (χ2v) is 23.9. The molecule has 0 aromatic rings. The van der Waals surface area contributed by atoms with Gasteiger partial charge in [-0.2, -0.15) is 0 Å². The molecule has 0 aliphatic carbocycles. The Balaban J connectivity index is 3.42. The second-order valence-electron chi connectivity index (χ2n) is 23.9. The van der Waals surface area contributed by atoms with Gasteiger partial charge in [0.05, 0.1) is 25.4 Å². The molecule has 0 aromatic heterocycles. The summed E-state index contributed by atoms with van der Waals surface area (Å²) in [6, 6.07) is -0.633. The monoisotopic (exact) mass is 1060 g/mol. The Kier molecular flexibility index (Phi) is 63.9. The first-order valence-corrected chi connectivity index (χ1v) is 34.5. The number of hydrogen-bond donors (Lipinski definition) is 3. The quantitative estimate of drug-likeness (QED) is 0.0320. The molecule has 0 fully saturated rings. The molecule has 446 valence electrons. The molecule has 1 amide bonds. The van der Waals surface area contributed by atoms with Crippen molar-refractivity contribution in [1.29, 1.82) is 0 Å². The van der Waals surface area contributed by atoms with Crippen LogP contribution in [0.25, 0.3) is 0 Å². The van der Waals surface area contributed by atoms with Crippen LogP contribution in [-0.2, 0) is 14.3 Å². The topological polar surface area (TPSA) is 95.9 Å². The number of hydrogen-bond acceptors (Lipinski definition) is 5. The van der Waals surface area contributed by atoms with Crippen molar-refractivity contribution in [2.75, 3.05) is 13.2 Å². The molecule has 6 heteroatoms. The molecule has 2 unspecified atom stereocenters. The predicted molar refractivity (Wildman–Crippen MR) is 329 cm³/mol. The predicted octanol–water partition coefficient (Wildman–Crippen LogP) is 22.0. The fourth-order valence-electron chi connectivity index (χ4n) is 11.1. The van der Waals surface area contributed by atoms with Crippen LogP contribution in [0, 0.1) is 0 Å². The SMILES string of the molecule is CCCCCCCCCCCCCCCCCCCCCCCCC/C=C/C(O)C(CO)NC(=O)CCCCCCCCCCCCCCCCCCCOC(=O)CCCCCCCCCCCCCCCCCC. The van der Waals surface area contributed by atoms with E-state index in [1.807, 2.05) is 6.08 Å². The number of aliphatic hydroxyl groups excluding tert-OH is 2. The molecule has 3 N–H and O–H groups in total. The molecule has 0 saturated heterocycles. The molecule has 0 heterocycles. The Bertz CT molecular complexity index is 1130. The Labute approximate surface area is 469 Å². The highest BCUT2D eigenvalue weighted by molar-refractivity contribution is 5.76. The van der Waals surface area contributed by atoms with Gasteiger partial charge in [-0.15, -0.1) is 0 Å². The van der Waals surface area contributed by atoms with E-state index in [0.29, 0.717) is 19.4 Å². The molecule has 75 heavy (non-hydrogen) atoms. The molecular formula is C69H135NO5. The number of rotatable bonds is 65. The van der Waals surface area contributed by atoms with Gasteiger partial charge >= 0.3 is 5.97 Å². The number of aliphatic hydroxyl groups is 2. The molecule has 0 aliphatic heterocycles. The highest BCUT2D eigenvalue weighted by atomic mass is 16.5. The summed E-state index contributed by atoms with van der Waals surface area (Å²) in [6.45, 7) is 4.94. The van der Waals surface area contributed by atoms with Gasteiger partial charge in [0.15, 0.2) is 0 Å². The minimum Gasteiger partial charge on any atom is -0.466 e. The van der Waals surface area contributed by atoms with Gasteiger partial charge in [0.25, 0.3) is 0 Å². The average molecular weight is 1060 g/mol. The normalized spacial score (nSPS) is 12.5. The number of nitrogens with one attached hydrogen (secondary N) is 1. The molecule has 0 aliphatic rings. The molecule has 6 nitrogen and oxygen atoms in total. The van der Waals surface area contributed by atoms with E-state index < -0.39 is 12.1 Å². The number of allylic oxidation sites excluding steroid dienone is 1. The largest absolute Gasteiger partial charge is 0.466 e. The van der Waals surface area contributed by atoms with E-state index in [4.69, 9.17) is 4.74 Å². The molecule has 0 bridgehead atoms. The molecule has 0 aromatic carbocycles. The number of ether oxygens (including phenoxy) is 1. The van der Waals surface area contributed by atoms with Crippen LogP contribution < -0.4 is 5.32 Å². The van der Waals surface area contributed by atoms with Gasteiger partial charge in [0.2, 0.25) is 5.91 Å². The molecule has 0 rings (SSSR count). The standard InChI is InChI=1S/C69H135NO5/c1-3-5-7-9-11-13-15-17-19-21-22-23-24-25-26-27-28-30-33-37-41-45-49-53-57-61-67(72)66(65-71)70-68(73)62-58-54-50-46-42-38-34-31-29-32-36-40-44-48-52-56-60-64-75-69(74)63-59-55-51-47-43-39-35-20-18-16-14-12-10-8-6-4-2/h57,61,66-67,71-72H,3-56,58-60,62-65H2,1-2H3,(H,70,73)/b61-57+. The molecule has 0 spiro atoms. The lowest BCUT2D eigenvalue weighted by atomic mass is 10.0. The summed E-state index contributed by atoms with van der Waals surface area (Å²) in [7, 11) is 0. The summed E-state index contributed by atoms with van der Waals surface area (Å²) in [6.07, 6.45) is 79.9. The van der Waals surface area contributed by atoms with Crippen LogP contribution in [0.5, 0.6) is 0 Å². The van der Waals surface area contributed by atoms with E-state index in [2.05, 4.69) is 19.2 Å². The van der Waals surface area contributed by atoms with Crippen molar-refractivity contribution in [2.24, 2.45) is 0 Å². The van der Waals surface area contributed by atoms with Crippen LogP contribution in [0.2, 0.25) is 0 Å². The summed E-state index contributed by atoms with van der Waals surface area (Å²) in [5.74, 6) is -0.0588. The van der Waals surface area contributed by atoms with Crippen LogP contribution in [-0.4, -0.2) is 47.4 Å². The minimum absolute atomic E-state index is 0.00928. The lowest BCUT2D eigenvalue weighted by Crippen LogP contribution is -2.45. The first kappa shape index (κ1) is 73.6. The third-order valence-electron chi connectivity index (χ3n) is 16.3. The second kappa shape index (κ2) is 65.1. The maximum atomic E-state index is 12.5. The van der Waals surface area contributed by atoms with Gasteiger partial charge in [-0.3, -0.25) is 9.59 Å². The minimum atomic E-state index is -0.849. The zero-order chi connectivity index (χ0) is 54.3. The lowest BCUT2D eigenvalue weighted by Gasteiger charge is -2.20. The molecule has 0 radical (unpaired) electrons. The molecule has 2 atom stereocenters. The first-order valence-electron chi connectivity index (χ1n) is 34.5. The first-order chi connectivity index (χ1) is 37.0. The van der Waals surface area contributed by atoms with Gasteiger partial charge in [-0.25, -0.2) is 0 Å². The highest BCUT2D eigenvalue weighted by Gasteiger charge is 2.18. The Morgan fingerprint density at radius 3 is 0.907 bits per heavy atom. The zero-order valence-corrected chi connectivity index (χ0v) is 51.1. The summed E-state index contributed by atoms with van der Waals surface area (Å²) in [5, 5.41) is 23.3. The van der Waals surface area contributed by atoms with Crippen molar-refractivity contribution in [3.8, 4) is 0 Å². The molecular weight excluding hydrogens is 923 g/mol. The van der Waals surface area contributed by atoms with Gasteiger partial charge in [-0.1, -0.05) is 360 Å². The van der Waals surface area contributed by atoms with Crippen molar-refractivity contribution in [3.05, 3.63) is 12.2 Å². The maximum Gasteiger partial charge on any atom is 0.305 e. The number of carbonyl (C=O) groups is 2. The van der Waals surface area contributed by atoms with E-state index in [-0.39, 0.29) is 18.5 Å². The Morgan fingerprint density at radius 2 is 0.613 bits per heavy atom. The summed E-state index contributed by atoms with van der Waals surface area (Å²) < 4.78 is 5.50. The van der Waals surface area contributed by atoms with Gasteiger partial charge < -0.3 is 20.3 Å². The summed E-state index contributed by atoms with van der Waals surface area (Å²) in [5.41, 5.74) is 0. The highest BCUT2D eigenvalue weighted by Crippen LogP contribution is 2.19. The fourth-order valence-corrected chi connectivity index (χ4v) is 11.1. The van der Waals surface area contributed by atoms with Crippen LogP contribution in [0.15, 0.2) is 12.2 Å². The van der Waals surface area contributed by atoms with Crippen LogP contribution >= 0.6 is 0 Å². The van der Waals surface area contributed by atoms with Crippen molar-refractivity contribution >= 4 is 11.9 Å². The van der Waals surface area contributed by atoms with Crippen molar-refractivity contribution in [3.63, 3.8) is 0 Å². The van der Waals surface area contributed by atoms with Crippen LogP contribution in [0.4, 0.5) is 0 Å². The smallest absolute Gasteiger partial charge is 0.305 e. The maximum absolute atomic E-state index is 12.5. The number of unbranched alkanes of at least 4 members (excludes halogenated alkanes) is 54. The van der Waals surface area contributed by atoms with E-state index in [0.717, 1.165) is 38.5 Å². The van der Waals surface area contributed by atoms with Gasteiger partial charge in [-0.05, 0) is 32.1 Å². The van der Waals surface area contributed by atoms with Crippen molar-refractivity contribution in [1.82, 2.24) is 5.32 Å². The van der Waals surface area contributed by atoms with Crippen LogP contribution in [0.1, 0.15) is 393 Å². The summed E-state index contributed by atoms with van der Waals surface area (Å²) >= 11 is 0. The van der Waals surface area contributed by atoms with Crippen LogP contribution in [0.3, 0.4) is 0 Å². The number of esters is 1. The average Bonchev–Trinajstić information content (AvgIpc) is 3.41. The fraction of sp³-hybridized carbons (Fsp3) is 0.942. The van der Waals surface area contributed by atoms with Gasteiger partial charge in [0, 0.05) is 12.8 Å². The molecule has 0 saturated carbocycles. The Hall–Kier alpha value is -1.40. The third kappa shape index (κ3) is 61.7. The van der Waals surface area contributed by atoms with E-state index >= 15 is 0 Å². The third-order valence-corrected chi connectivity index (χ3v) is 16.3. The Morgan fingerprint density at radius 1 is 0.360 bits per heavy atom. The summed E-state index contributed by atoms with van der Waals surface area (Å²) in [4.78, 5) is 24.6. The lowest BCUT2D eigenvalue weighted by molar-refractivity contribution is -0.143. The van der Waals surface area contributed by atoms with Crippen molar-refractivity contribution in [2.45, 2.75) is 405 Å². The number of carbonyl (C=O) groups excluding carboxylic acids is 2.